The molecule has 3 amide bonds. The number of carbonyl (C=O) groups is 2. The van der Waals surface area contributed by atoms with Crippen LogP contribution in [-0.4, -0.2) is 73.2 Å². The largest absolute Gasteiger partial charge is 0.383 e. The highest BCUT2D eigenvalue weighted by atomic mass is 35.5. The molecular formula is C27H32ClN5O3S. The van der Waals surface area contributed by atoms with E-state index in [1.807, 2.05) is 61.2 Å². The van der Waals surface area contributed by atoms with Gasteiger partial charge in [-0.3, -0.25) is 4.79 Å². The summed E-state index contributed by atoms with van der Waals surface area (Å²) in [5, 5.41) is 6.22. The number of anilines is 2. The van der Waals surface area contributed by atoms with E-state index in [2.05, 4.69) is 15.2 Å². The number of hydrogen-bond acceptors (Lipinski definition) is 6. The molecule has 10 heteroatoms. The second-order valence-electron chi connectivity index (χ2n) is 8.97. The number of thiazole rings is 1. The molecule has 1 aliphatic rings. The van der Waals surface area contributed by atoms with E-state index in [0.717, 1.165) is 22.5 Å². The van der Waals surface area contributed by atoms with Crippen LogP contribution in [0, 0.1) is 13.8 Å². The average Bonchev–Trinajstić information content (AvgIpc) is 3.37. The minimum absolute atomic E-state index is 0.0928. The molecule has 3 aromatic rings. The van der Waals surface area contributed by atoms with Crippen molar-refractivity contribution in [3.8, 4) is 0 Å². The Labute approximate surface area is 226 Å². The van der Waals surface area contributed by atoms with Crippen molar-refractivity contribution < 1.29 is 14.3 Å². The van der Waals surface area contributed by atoms with Gasteiger partial charge < -0.3 is 24.8 Å². The van der Waals surface area contributed by atoms with E-state index in [9.17, 15) is 9.59 Å². The Morgan fingerprint density at radius 2 is 1.78 bits per heavy atom. The van der Waals surface area contributed by atoms with E-state index in [1.54, 1.807) is 17.4 Å². The normalized spacial score (nSPS) is 13.5. The monoisotopic (exact) mass is 541 g/mol. The van der Waals surface area contributed by atoms with Gasteiger partial charge in [0.25, 0.3) is 5.91 Å². The van der Waals surface area contributed by atoms with Crippen LogP contribution in [0.1, 0.15) is 26.6 Å². The average molecular weight is 542 g/mol. The zero-order valence-electron chi connectivity index (χ0n) is 21.4. The van der Waals surface area contributed by atoms with Crippen LogP contribution in [0.25, 0.3) is 0 Å². The number of carbonyl (C=O) groups excluding carboxylic acids is 2. The van der Waals surface area contributed by atoms with E-state index in [0.29, 0.717) is 61.6 Å². The molecule has 196 valence electrons. The van der Waals surface area contributed by atoms with Crippen molar-refractivity contribution in [1.29, 1.82) is 0 Å². The molecule has 1 N–H and O–H groups in total. The molecule has 0 aliphatic carbocycles. The number of aromatic nitrogens is 1. The fourth-order valence-corrected chi connectivity index (χ4v) is 5.36. The third-order valence-corrected chi connectivity index (χ3v) is 7.58. The second-order valence-corrected chi connectivity index (χ2v) is 10.3. The molecule has 0 radical (unpaired) electrons. The third-order valence-electron chi connectivity index (χ3n) is 6.42. The number of urea groups is 1. The summed E-state index contributed by atoms with van der Waals surface area (Å²) in [4.78, 5) is 36.5. The quantitative estimate of drug-likeness (QED) is 0.431. The molecule has 1 saturated heterocycles. The van der Waals surface area contributed by atoms with E-state index in [4.69, 9.17) is 16.3 Å². The SMILES string of the molecule is COCCN(Cc1nc(C(=O)N2CCN(c3ccccc3Cl)CC2)cs1)C(=O)Nc1c(C)cccc1C. The third kappa shape index (κ3) is 6.60. The minimum atomic E-state index is -0.228. The number of methoxy groups -OCH3 is 1. The van der Waals surface area contributed by atoms with Crippen LogP contribution in [-0.2, 0) is 11.3 Å². The molecule has 0 atom stereocenters. The lowest BCUT2D eigenvalue weighted by molar-refractivity contribution is 0.0741. The van der Waals surface area contributed by atoms with Gasteiger partial charge >= 0.3 is 6.03 Å². The van der Waals surface area contributed by atoms with Crippen molar-refractivity contribution in [3.63, 3.8) is 0 Å². The Morgan fingerprint density at radius 1 is 1.08 bits per heavy atom. The minimum Gasteiger partial charge on any atom is -0.383 e. The molecule has 0 saturated carbocycles. The van der Waals surface area contributed by atoms with E-state index < -0.39 is 0 Å². The number of halogens is 1. The summed E-state index contributed by atoms with van der Waals surface area (Å²) >= 11 is 7.72. The predicted octanol–water partition coefficient (Wildman–Crippen LogP) is 5.06. The summed E-state index contributed by atoms with van der Waals surface area (Å²) in [6, 6.07) is 13.4. The zero-order chi connectivity index (χ0) is 26.4. The molecule has 2 heterocycles. The number of aryl methyl sites for hydroxylation is 2. The lowest BCUT2D eigenvalue weighted by Gasteiger charge is -2.36. The number of piperazine rings is 1. The van der Waals surface area contributed by atoms with Gasteiger partial charge in [-0.1, -0.05) is 41.9 Å². The maximum absolute atomic E-state index is 13.1. The van der Waals surface area contributed by atoms with Crippen molar-refractivity contribution in [1.82, 2.24) is 14.8 Å². The number of benzene rings is 2. The predicted molar refractivity (Wildman–Crippen MR) is 149 cm³/mol. The molecule has 1 aromatic heterocycles. The second kappa shape index (κ2) is 12.4. The van der Waals surface area contributed by atoms with Crippen molar-refractivity contribution in [3.05, 3.63) is 74.7 Å². The first-order chi connectivity index (χ1) is 17.9. The van der Waals surface area contributed by atoms with Crippen molar-refractivity contribution in [2.75, 3.05) is 56.7 Å². The standard InChI is InChI=1S/C27H32ClN5O3S/c1-19-7-6-8-20(2)25(19)30-27(35)33(15-16-36-3)17-24-29-22(18-37-24)26(34)32-13-11-31(12-14-32)23-10-5-4-9-21(23)28/h4-10,18H,11-17H2,1-3H3,(H,30,35). The number of nitrogens with zero attached hydrogens (tertiary/aromatic N) is 4. The van der Waals surface area contributed by atoms with Crippen molar-refractivity contribution in [2.45, 2.75) is 20.4 Å². The summed E-state index contributed by atoms with van der Waals surface area (Å²) in [5.41, 5.74) is 4.20. The van der Waals surface area contributed by atoms with Gasteiger partial charge in [-0.05, 0) is 37.1 Å². The molecule has 0 unspecified atom stereocenters. The first kappa shape index (κ1) is 26.9. The highest BCUT2D eigenvalue weighted by molar-refractivity contribution is 7.09. The van der Waals surface area contributed by atoms with E-state index in [1.165, 1.54) is 11.3 Å². The van der Waals surface area contributed by atoms with Gasteiger partial charge in [0.2, 0.25) is 0 Å². The van der Waals surface area contributed by atoms with Crippen LogP contribution in [0.2, 0.25) is 5.02 Å². The molecule has 8 nitrogen and oxygen atoms in total. The smallest absolute Gasteiger partial charge is 0.322 e. The van der Waals surface area contributed by atoms with Crippen LogP contribution < -0.4 is 10.2 Å². The van der Waals surface area contributed by atoms with Gasteiger partial charge in [0.15, 0.2) is 0 Å². The number of ether oxygens (including phenoxy) is 1. The summed E-state index contributed by atoms with van der Waals surface area (Å²) in [6.07, 6.45) is 0. The number of amides is 3. The highest BCUT2D eigenvalue weighted by Gasteiger charge is 2.25. The Balaban J connectivity index is 1.38. The van der Waals surface area contributed by atoms with Crippen LogP contribution in [0.4, 0.5) is 16.2 Å². The van der Waals surface area contributed by atoms with Crippen LogP contribution in [0.5, 0.6) is 0 Å². The van der Waals surface area contributed by atoms with Gasteiger partial charge in [-0.15, -0.1) is 11.3 Å². The van der Waals surface area contributed by atoms with Crippen LogP contribution in [0.15, 0.2) is 47.8 Å². The van der Waals surface area contributed by atoms with Crippen LogP contribution >= 0.6 is 22.9 Å². The topological polar surface area (TPSA) is 78.0 Å². The van der Waals surface area contributed by atoms with Gasteiger partial charge in [0.1, 0.15) is 10.7 Å². The number of hydrogen-bond donors (Lipinski definition) is 1. The lowest BCUT2D eigenvalue weighted by Crippen LogP contribution is -2.49. The fraction of sp³-hybridized carbons (Fsp3) is 0.370. The summed E-state index contributed by atoms with van der Waals surface area (Å²) < 4.78 is 5.22. The molecule has 0 bridgehead atoms. The fourth-order valence-electron chi connectivity index (χ4n) is 4.32. The maximum atomic E-state index is 13.1. The first-order valence-electron chi connectivity index (χ1n) is 12.2. The molecule has 4 rings (SSSR count). The Bertz CT molecular complexity index is 1220. The maximum Gasteiger partial charge on any atom is 0.322 e. The number of nitrogens with one attached hydrogen (secondary N) is 1. The Morgan fingerprint density at radius 3 is 2.46 bits per heavy atom. The van der Waals surface area contributed by atoms with Crippen LogP contribution in [0.3, 0.4) is 0 Å². The highest BCUT2D eigenvalue weighted by Crippen LogP contribution is 2.26. The van der Waals surface area contributed by atoms with Gasteiger partial charge in [0.05, 0.1) is 23.9 Å². The molecular weight excluding hydrogens is 510 g/mol. The Kier molecular flexibility index (Phi) is 9.02. The summed E-state index contributed by atoms with van der Waals surface area (Å²) in [5.74, 6) is -0.0928. The van der Waals surface area contributed by atoms with Gasteiger partial charge in [-0.25, -0.2) is 9.78 Å². The Hall–Kier alpha value is -3.14. The van der Waals surface area contributed by atoms with Gasteiger partial charge in [-0.2, -0.15) is 0 Å². The van der Waals surface area contributed by atoms with Gasteiger partial charge in [0, 0.05) is 50.9 Å². The molecule has 1 aliphatic heterocycles. The first-order valence-corrected chi connectivity index (χ1v) is 13.5. The van der Waals surface area contributed by atoms with Crippen molar-refractivity contribution in [2.24, 2.45) is 0 Å². The lowest BCUT2D eigenvalue weighted by atomic mass is 10.1. The molecule has 2 aromatic carbocycles. The van der Waals surface area contributed by atoms with E-state index in [-0.39, 0.29) is 11.9 Å². The molecule has 0 spiro atoms. The van der Waals surface area contributed by atoms with Crippen molar-refractivity contribution >= 4 is 46.3 Å². The summed E-state index contributed by atoms with van der Waals surface area (Å²) in [7, 11) is 1.60. The zero-order valence-corrected chi connectivity index (χ0v) is 22.9. The molecule has 1 fully saturated rings. The number of para-hydroxylation sites is 2. The summed E-state index contributed by atoms with van der Waals surface area (Å²) in [6.45, 7) is 7.62. The number of rotatable bonds is 8. The van der Waals surface area contributed by atoms with E-state index >= 15 is 0 Å². The molecule has 37 heavy (non-hydrogen) atoms.